The van der Waals surface area contributed by atoms with E-state index < -0.39 is 6.23 Å². The van der Waals surface area contributed by atoms with Crippen LogP contribution in [0.3, 0.4) is 0 Å². The fraction of sp³-hybridized carbons (Fsp3) is 0.455. The van der Waals surface area contributed by atoms with Gasteiger partial charge in [0, 0.05) is 0 Å². The van der Waals surface area contributed by atoms with E-state index in [9.17, 15) is 5.11 Å². The van der Waals surface area contributed by atoms with Crippen molar-refractivity contribution in [1.29, 1.82) is 0 Å². The average Bonchev–Trinajstić information content (AvgIpc) is 2.19. The van der Waals surface area contributed by atoms with Crippen molar-refractivity contribution in [1.82, 2.24) is 0 Å². The molecule has 3 heteroatoms. The lowest BCUT2D eigenvalue weighted by Gasteiger charge is -2.21. The first-order valence-electron chi connectivity index (χ1n) is 4.85. The molecule has 2 N–H and O–H groups in total. The number of hydroxylamine groups is 1. The van der Waals surface area contributed by atoms with Gasteiger partial charge in [-0.1, -0.05) is 44.2 Å². The van der Waals surface area contributed by atoms with Crippen molar-refractivity contribution in [2.45, 2.75) is 26.7 Å². The Bertz CT molecular complexity index is 249. The number of hydrogen-bond donors (Lipinski definition) is 1. The fourth-order valence-corrected chi connectivity index (χ4v) is 0.971. The molecule has 1 aromatic carbocycles. The molecular weight excluding hydrogens is 178 g/mol. The lowest BCUT2D eigenvalue weighted by atomic mass is 10.2. The number of benzene rings is 1. The summed E-state index contributed by atoms with van der Waals surface area (Å²) in [7, 11) is 0. The summed E-state index contributed by atoms with van der Waals surface area (Å²) in [5.41, 5.74) is 2.47. The molecule has 0 bridgehead atoms. The van der Waals surface area contributed by atoms with E-state index in [1.165, 1.54) is 5.48 Å². The fourth-order valence-electron chi connectivity index (χ4n) is 0.971. The molecule has 14 heavy (non-hydrogen) atoms. The minimum atomic E-state index is -0.737. The molecule has 0 saturated carbocycles. The zero-order chi connectivity index (χ0) is 10.4. The van der Waals surface area contributed by atoms with E-state index in [-0.39, 0.29) is 5.92 Å². The molecule has 1 atom stereocenters. The van der Waals surface area contributed by atoms with Crippen molar-refractivity contribution in [3.8, 4) is 0 Å². The largest absolute Gasteiger partial charge is 0.804 e. The summed E-state index contributed by atoms with van der Waals surface area (Å²) in [5, 5.41) is 11.2. The summed E-state index contributed by atoms with van der Waals surface area (Å²) in [5.74, 6) is 0.0887. The van der Waals surface area contributed by atoms with E-state index in [1.807, 2.05) is 44.2 Å². The molecule has 1 unspecified atom stereocenters. The highest BCUT2D eigenvalue weighted by atomic mass is 16.7. The Morgan fingerprint density at radius 1 is 1.29 bits per heavy atom. The van der Waals surface area contributed by atoms with Gasteiger partial charge in [-0.05, 0) is 11.5 Å². The van der Waals surface area contributed by atoms with E-state index in [2.05, 4.69) is 0 Å². The van der Waals surface area contributed by atoms with Gasteiger partial charge in [-0.2, -0.15) is 0 Å². The highest BCUT2D eigenvalue weighted by molar-refractivity contribution is 5.13. The molecule has 3 nitrogen and oxygen atoms in total. The van der Waals surface area contributed by atoms with E-state index in [0.717, 1.165) is 5.56 Å². The van der Waals surface area contributed by atoms with Crippen molar-refractivity contribution in [3.05, 3.63) is 35.9 Å². The lowest BCUT2D eigenvalue weighted by molar-refractivity contribution is -0.989. The second-order valence-electron chi connectivity index (χ2n) is 3.64. The van der Waals surface area contributed by atoms with Gasteiger partial charge in [-0.25, -0.2) is 10.3 Å². The lowest BCUT2D eigenvalue weighted by Crippen LogP contribution is -2.94. The minimum absolute atomic E-state index is 0.0887. The Labute approximate surface area is 84.7 Å². The van der Waals surface area contributed by atoms with Crippen LogP contribution in [0.5, 0.6) is 0 Å². The maximum Gasteiger partial charge on any atom is 0.131 e. The van der Waals surface area contributed by atoms with Crippen LogP contribution >= 0.6 is 0 Å². The predicted molar refractivity (Wildman–Crippen MR) is 51.8 cm³/mol. The smallest absolute Gasteiger partial charge is 0.131 e. The highest BCUT2D eigenvalue weighted by Gasteiger charge is 2.03. The maximum atomic E-state index is 11.2. The SMILES string of the molecule is CC(C)C([O-])[NH2+]OCc1ccccc1. The molecule has 0 fully saturated rings. The number of nitrogens with two attached hydrogens (primary N) is 1. The summed E-state index contributed by atoms with van der Waals surface area (Å²) < 4.78 is 0. The van der Waals surface area contributed by atoms with Gasteiger partial charge >= 0.3 is 0 Å². The normalized spacial score (nSPS) is 13.1. The first-order valence-corrected chi connectivity index (χ1v) is 4.85. The third kappa shape index (κ3) is 3.87. The molecule has 0 aliphatic carbocycles. The quantitative estimate of drug-likeness (QED) is 0.532. The molecule has 0 aliphatic rings. The molecule has 1 aromatic rings. The Balaban J connectivity index is 2.22. The van der Waals surface area contributed by atoms with E-state index in [0.29, 0.717) is 6.61 Å². The van der Waals surface area contributed by atoms with Crippen LogP contribution < -0.4 is 10.6 Å². The van der Waals surface area contributed by atoms with Gasteiger partial charge in [0.1, 0.15) is 6.61 Å². The molecule has 0 aromatic heterocycles. The molecular formula is C11H17NO2. The minimum Gasteiger partial charge on any atom is -0.804 e. The maximum absolute atomic E-state index is 11.2. The van der Waals surface area contributed by atoms with Gasteiger partial charge in [0.15, 0.2) is 0 Å². The van der Waals surface area contributed by atoms with Gasteiger partial charge in [-0.3, -0.25) is 0 Å². The van der Waals surface area contributed by atoms with Gasteiger partial charge in [-0.15, -0.1) is 0 Å². The van der Waals surface area contributed by atoms with Crippen LogP contribution in [0.15, 0.2) is 30.3 Å². The number of quaternary nitrogens is 1. The molecule has 1 rings (SSSR count). The second-order valence-corrected chi connectivity index (χ2v) is 3.64. The molecule has 0 radical (unpaired) electrons. The van der Waals surface area contributed by atoms with Crippen molar-refractivity contribution < 1.29 is 15.4 Å². The standard InChI is InChI=1S/C11H16NO2/c1-9(2)11(13)12-14-8-10-6-4-3-5-7-10/h3-7,9,11-12H,8H2,1-2H3/q-1/p+1. The first kappa shape index (κ1) is 11.2. The second kappa shape index (κ2) is 5.75. The molecule has 0 aliphatic heterocycles. The van der Waals surface area contributed by atoms with Gasteiger partial charge in [0.25, 0.3) is 0 Å². The van der Waals surface area contributed by atoms with Crippen LogP contribution in [0.4, 0.5) is 0 Å². The average molecular weight is 195 g/mol. The van der Waals surface area contributed by atoms with Crippen LogP contribution in [0, 0.1) is 5.92 Å². The van der Waals surface area contributed by atoms with Gasteiger partial charge in [0.05, 0.1) is 6.23 Å². The summed E-state index contributed by atoms with van der Waals surface area (Å²) in [6.07, 6.45) is -0.737. The third-order valence-electron chi connectivity index (χ3n) is 1.98. The molecule has 78 valence electrons. The summed E-state index contributed by atoms with van der Waals surface area (Å²) >= 11 is 0. The van der Waals surface area contributed by atoms with Crippen molar-refractivity contribution in [3.63, 3.8) is 0 Å². The zero-order valence-corrected chi connectivity index (χ0v) is 8.64. The van der Waals surface area contributed by atoms with Crippen LogP contribution in [-0.2, 0) is 11.4 Å². The monoisotopic (exact) mass is 195 g/mol. The number of rotatable bonds is 5. The Kier molecular flexibility index (Phi) is 4.59. The number of hydrogen-bond acceptors (Lipinski definition) is 2. The Hall–Kier alpha value is -0.900. The summed E-state index contributed by atoms with van der Waals surface area (Å²) in [6.45, 7) is 4.26. The van der Waals surface area contributed by atoms with Crippen LogP contribution in [-0.4, -0.2) is 6.23 Å². The van der Waals surface area contributed by atoms with Gasteiger partial charge in [0.2, 0.25) is 0 Å². The molecule has 0 heterocycles. The van der Waals surface area contributed by atoms with E-state index in [1.54, 1.807) is 0 Å². The summed E-state index contributed by atoms with van der Waals surface area (Å²) in [4.78, 5) is 5.21. The van der Waals surface area contributed by atoms with Crippen molar-refractivity contribution in [2.24, 2.45) is 5.92 Å². The van der Waals surface area contributed by atoms with E-state index in [4.69, 9.17) is 4.84 Å². The van der Waals surface area contributed by atoms with Crippen molar-refractivity contribution >= 4 is 0 Å². The predicted octanol–water partition coefficient (Wildman–Crippen LogP) is 0.0240. The van der Waals surface area contributed by atoms with Gasteiger partial charge < -0.3 is 5.11 Å². The zero-order valence-electron chi connectivity index (χ0n) is 8.64. The topological polar surface area (TPSA) is 48.9 Å². The molecule has 0 saturated heterocycles. The Morgan fingerprint density at radius 3 is 2.50 bits per heavy atom. The first-order chi connectivity index (χ1) is 6.70. The highest BCUT2D eigenvalue weighted by Crippen LogP contribution is 1.98. The molecule has 0 amide bonds. The molecule has 0 spiro atoms. The summed E-state index contributed by atoms with van der Waals surface area (Å²) in [6, 6.07) is 9.81. The van der Waals surface area contributed by atoms with Crippen LogP contribution in [0.25, 0.3) is 0 Å². The third-order valence-corrected chi connectivity index (χ3v) is 1.98. The van der Waals surface area contributed by atoms with Crippen LogP contribution in [0.1, 0.15) is 19.4 Å². The Morgan fingerprint density at radius 2 is 1.93 bits per heavy atom. The van der Waals surface area contributed by atoms with E-state index >= 15 is 0 Å². The van der Waals surface area contributed by atoms with Crippen molar-refractivity contribution in [2.75, 3.05) is 0 Å². The van der Waals surface area contributed by atoms with Crippen LogP contribution in [0.2, 0.25) is 0 Å².